The van der Waals surface area contributed by atoms with E-state index in [0.29, 0.717) is 12.1 Å². The fourth-order valence-corrected chi connectivity index (χ4v) is 3.20. The minimum absolute atomic E-state index is 0.0185. The van der Waals surface area contributed by atoms with Crippen molar-refractivity contribution in [3.8, 4) is 0 Å². The molecular weight excluding hydrogens is 320 g/mol. The zero-order chi connectivity index (χ0) is 18.1. The van der Waals surface area contributed by atoms with Gasteiger partial charge in [0.05, 0.1) is 6.42 Å². The Hall–Kier alpha value is -2.37. The summed E-state index contributed by atoms with van der Waals surface area (Å²) in [6.07, 6.45) is 8.00. The Bertz CT molecular complexity index is 592. The Balaban J connectivity index is 1.69. The van der Waals surface area contributed by atoms with E-state index in [2.05, 4.69) is 10.6 Å². The molecule has 1 aromatic carbocycles. The van der Waals surface area contributed by atoms with Gasteiger partial charge in [-0.3, -0.25) is 14.4 Å². The summed E-state index contributed by atoms with van der Waals surface area (Å²) in [5.74, 6) is -0.588. The first-order chi connectivity index (χ1) is 12.0. The van der Waals surface area contributed by atoms with Gasteiger partial charge in [-0.2, -0.15) is 0 Å². The third-order valence-corrected chi connectivity index (χ3v) is 4.53. The Morgan fingerprint density at radius 3 is 2.36 bits per heavy atom. The maximum Gasteiger partial charge on any atom is 0.322 e. The predicted octanol–water partition coefficient (Wildman–Crippen LogP) is 2.73. The van der Waals surface area contributed by atoms with Crippen molar-refractivity contribution >= 4 is 23.5 Å². The van der Waals surface area contributed by atoms with Crippen molar-refractivity contribution in [2.45, 2.75) is 51.4 Å². The lowest BCUT2D eigenvalue weighted by molar-refractivity contribution is -0.137. The maximum absolute atomic E-state index is 12.0. The van der Waals surface area contributed by atoms with E-state index in [1.54, 1.807) is 24.3 Å². The van der Waals surface area contributed by atoms with Crippen LogP contribution in [0.3, 0.4) is 0 Å². The first-order valence-electron chi connectivity index (χ1n) is 8.90. The summed E-state index contributed by atoms with van der Waals surface area (Å²) >= 11 is 0. The number of anilines is 1. The molecule has 1 aromatic rings. The molecule has 3 N–H and O–H groups in total. The third-order valence-electron chi connectivity index (χ3n) is 4.53. The number of carboxylic acid groups (broad SMARTS) is 1. The molecule has 0 spiro atoms. The number of hydrogen-bond donors (Lipinski definition) is 3. The Labute approximate surface area is 148 Å². The molecule has 2 amide bonds. The van der Waals surface area contributed by atoms with Gasteiger partial charge in [0.2, 0.25) is 11.8 Å². The van der Waals surface area contributed by atoms with Gasteiger partial charge in [0, 0.05) is 12.1 Å². The smallest absolute Gasteiger partial charge is 0.322 e. The quantitative estimate of drug-likeness (QED) is 0.640. The topological polar surface area (TPSA) is 95.5 Å². The van der Waals surface area contributed by atoms with Crippen LogP contribution in [-0.2, 0) is 20.8 Å². The van der Waals surface area contributed by atoms with E-state index in [0.717, 1.165) is 24.3 Å². The van der Waals surface area contributed by atoms with E-state index in [4.69, 9.17) is 5.11 Å². The summed E-state index contributed by atoms with van der Waals surface area (Å²) < 4.78 is 0. The average Bonchev–Trinajstić information content (AvgIpc) is 3.08. The molecule has 25 heavy (non-hydrogen) atoms. The van der Waals surface area contributed by atoms with Crippen molar-refractivity contribution in [1.29, 1.82) is 0 Å². The molecule has 0 saturated heterocycles. The van der Waals surface area contributed by atoms with Crippen LogP contribution in [-0.4, -0.2) is 29.4 Å². The van der Waals surface area contributed by atoms with Crippen LogP contribution in [0.1, 0.15) is 50.5 Å². The molecular formula is C19H26N2O4. The number of rotatable bonds is 9. The lowest BCUT2D eigenvalue weighted by atomic mass is 10.0. The number of carboxylic acids is 1. The highest BCUT2D eigenvalue weighted by Crippen LogP contribution is 2.28. The van der Waals surface area contributed by atoms with Crippen LogP contribution in [0.4, 0.5) is 5.69 Å². The Kier molecular flexibility index (Phi) is 7.44. The van der Waals surface area contributed by atoms with Crippen molar-refractivity contribution in [1.82, 2.24) is 5.32 Å². The molecule has 0 aliphatic heterocycles. The zero-order valence-electron chi connectivity index (χ0n) is 14.4. The first kappa shape index (κ1) is 19.0. The number of carbonyl (C=O) groups is 3. The summed E-state index contributed by atoms with van der Waals surface area (Å²) in [7, 11) is 0. The number of carbonyl (C=O) groups excluding carboxylic acids is 2. The Morgan fingerprint density at radius 1 is 1.04 bits per heavy atom. The van der Waals surface area contributed by atoms with Crippen LogP contribution in [0.25, 0.3) is 0 Å². The SMILES string of the molecule is O=C(O)CNC(=O)Cc1ccc(NC(=O)CCCC2CCCC2)cc1. The number of hydrogen-bond acceptors (Lipinski definition) is 3. The van der Waals surface area contributed by atoms with Gasteiger partial charge in [-0.25, -0.2) is 0 Å². The highest BCUT2D eigenvalue weighted by Gasteiger charge is 2.15. The number of benzene rings is 1. The van der Waals surface area contributed by atoms with Crippen molar-refractivity contribution in [3.05, 3.63) is 29.8 Å². The molecule has 1 aliphatic carbocycles. The molecule has 0 heterocycles. The summed E-state index contributed by atoms with van der Waals surface area (Å²) in [6, 6.07) is 7.03. The van der Waals surface area contributed by atoms with Crippen LogP contribution in [0.15, 0.2) is 24.3 Å². The normalized spacial score (nSPS) is 14.2. The monoisotopic (exact) mass is 346 g/mol. The van der Waals surface area contributed by atoms with Gasteiger partial charge in [-0.15, -0.1) is 0 Å². The third kappa shape index (κ3) is 7.37. The van der Waals surface area contributed by atoms with Crippen LogP contribution >= 0.6 is 0 Å². The number of aliphatic carboxylic acids is 1. The Morgan fingerprint density at radius 2 is 1.72 bits per heavy atom. The van der Waals surface area contributed by atoms with Gasteiger partial charge in [0.25, 0.3) is 0 Å². The molecule has 0 unspecified atom stereocenters. The second kappa shape index (κ2) is 9.81. The van der Waals surface area contributed by atoms with E-state index in [1.165, 1.54) is 25.7 Å². The minimum Gasteiger partial charge on any atom is -0.480 e. The summed E-state index contributed by atoms with van der Waals surface area (Å²) in [5, 5.41) is 13.7. The largest absolute Gasteiger partial charge is 0.480 e. The molecule has 1 aliphatic rings. The highest BCUT2D eigenvalue weighted by atomic mass is 16.4. The van der Waals surface area contributed by atoms with E-state index < -0.39 is 5.97 Å². The van der Waals surface area contributed by atoms with Crippen molar-refractivity contribution < 1.29 is 19.5 Å². The molecule has 0 bridgehead atoms. The molecule has 0 radical (unpaired) electrons. The van der Waals surface area contributed by atoms with E-state index in [-0.39, 0.29) is 24.8 Å². The van der Waals surface area contributed by atoms with Gasteiger partial charge in [0.15, 0.2) is 0 Å². The van der Waals surface area contributed by atoms with Crippen LogP contribution in [0.2, 0.25) is 0 Å². The molecule has 1 fully saturated rings. The second-order valence-electron chi connectivity index (χ2n) is 6.64. The zero-order valence-corrected chi connectivity index (χ0v) is 14.4. The molecule has 0 atom stereocenters. The predicted molar refractivity (Wildman–Crippen MR) is 95.2 cm³/mol. The standard InChI is InChI=1S/C19H26N2O4/c22-17(7-3-6-14-4-1-2-5-14)21-16-10-8-15(9-11-16)12-18(23)20-13-19(24)25/h8-11,14H,1-7,12-13H2,(H,20,23)(H,21,22)(H,24,25). The molecule has 1 saturated carbocycles. The van der Waals surface area contributed by atoms with E-state index in [1.807, 2.05) is 0 Å². The van der Waals surface area contributed by atoms with Crippen LogP contribution in [0.5, 0.6) is 0 Å². The van der Waals surface area contributed by atoms with Gasteiger partial charge in [-0.05, 0) is 36.5 Å². The molecule has 6 nitrogen and oxygen atoms in total. The summed E-state index contributed by atoms with van der Waals surface area (Å²) in [4.78, 5) is 33.9. The minimum atomic E-state index is -1.07. The van der Waals surface area contributed by atoms with Crippen molar-refractivity contribution in [3.63, 3.8) is 0 Å². The maximum atomic E-state index is 12.0. The number of amides is 2. The van der Waals surface area contributed by atoms with Gasteiger partial charge in [-0.1, -0.05) is 37.8 Å². The summed E-state index contributed by atoms with van der Waals surface area (Å²) in [5.41, 5.74) is 1.47. The molecule has 2 rings (SSSR count). The first-order valence-corrected chi connectivity index (χ1v) is 8.90. The molecule has 0 aromatic heterocycles. The lowest BCUT2D eigenvalue weighted by Gasteiger charge is -2.09. The summed E-state index contributed by atoms with van der Waals surface area (Å²) in [6.45, 7) is -0.381. The fourth-order valence-electron chi connectivity index (χ4n) is 3.20. The lowest BCUT2D eigenvalue weighted by Crippen LogP contribution is -2.30. The second-order valence-corrected chi connectivity index (χ2v) is 6.64. The number of nitrogens with one attached hydrogen (secondary N) is 2. The van der Waals surface area contributed by atoms with Crippen LogP contribution in [0, 0.1) is 5.92 Å². The highest BCUT2D eigenvalue weighted by molar-refractivity contribution is 5.90. The molecule has 136 valence electrons. The van der Waals surface area contributed by atoms with E-state index >= 15 is 0 Å². The van der Waals surface area contributed by atoms with Gasteiger partial charge < -0.3 is 15.7 Å². The van der Waals surface area contributed by atoms with Crippen LogP contribution < -0.4 is 10.6 Å². The van der Waals surface area contributed by atoms with Crippen molar-refractivity contribution in [2.24, 2.45) is 5.92 Å². The van der Waals surface area contributed by atoms with E-state index in [9.17, 15) is 14.4 Å². The average molecular weight is 346 g/mol. The van der Waals surface area contributed by atoms with Crippen molar-refractivity contribution in [2.75, 3.05) is 11.9 Å². The van der Waals surface area contributed by atoms with Gasteiger partial charge in [0.1, 0.15) is 6.54 Å². The molecule has 6 heteroatoms. The van der Waals surface area contributed by atoms with Gasteiger partial charge >= 0.3 is 5.97 Å². The fraction of sp³-hybridized carbons (Fsp3) is 0.526.